The van der Waals surface area contributed by atoms with Gasteiger partial charge in [-0.3, -0.25) is 14.4 Å². The van der Waals surface area contributed by atoms with Gasteiger partial charge in [0.2, 0.25) is 0 Å². The zero-order valence-electron chi connectivity index (χ0n) is 46.3. The van der Waals surface area contributed by atoms with Crippen LogP contribution in [0.2, 0.25) is 0 Å². The van der Waals surface area contributed by atoms with Gasteiger partial charge in [0, 0.05) is 19.3 Å². The van der Waals surface area contributed by atoms with Crippen molar-refractivity contribution in [2.45, 2.75) is 303 Å². The molecule has 0 aliphatic rings. The first-order valence-electron chi connectivity index (χ1n) is 29.9. The first-order valence-corrected chi connectivity index (χ1v) is 29.9. The smallest absolute Gasteiger partial charge is 0.306 e. The van der Waals surface area contributed by atoms with Crippen LogP contribution in [0, 0.1) is 0 Å². The van der Waals surface area contributed by atoms with Crippen LogP contribution in [0.1, 0.15) is 297 Å². The molecule has 0 radical (unpaired) electrons. The molecule has 0 fully saturated rings. The van der Waals surface area contributed by atoms with E-state index in [1.54, 1.807) is 0 Å². The van der Waals surface area contributed by atoms with Crippen LogP contribution in [-0.2, 0) is 28.6 Å². The number of unbranched alkanes of at least 4 members (excludes halogenated alkanes) is 31. The van der Waals surface area contributed by atoms with Gasteiger partial charge >= 0.3 is 17.9 Å². The molecule has 0 aromatic carbocycles. The van der Waals surface area contributed by atoms with Gasteiger partial charge in [-0.1, -0.05) is 261 Å². The van der Waals surface area contributed by atoms with Gasteiger partial charge in [0.25, 0.3) is 0 Å². The third-order valence-corrected chi connectivity index (χ3v) is 12.9. The summed E-state index contributed by atoms with van der Waals surface area (Å²) in [5.41, 5.74) is 0. The van der Waals surface area contributed by atoms with E-state index < -0.39 is 6.10 Å². The van der Waals surface area contributed by atoms with E-state index in [0.717, 1.165) is 96.3 Å². The maximum Gasteiger partial charge on any atom is 0.306 e. The number of ether oxygens (including phenoxy) is 3. The van der Waals surface area contributed by atoms with Crippen LogP contribution in [0.15, 0.2) is 72.9 Å². The molecule has 0 N–H and O–H groups in total. The SMILES string of the molecule is CC/C=C/C/C=C/C/C=C/C/C=C/C/C=C/CCCCCC(=O)OC[C@@H](COC(=O)CCCCCCCCCCCCCCCCCC)OC(=O)CCCCCCCCC/C=C/CCCCCCCC. The number of carbonyl (C=O) groups excluding carboxylic acids is 3. The Balaban J connectivity index is 4.43. The highest BCUT2D eigenvalue weighted by Gasteiger charge is 2.19. The molecular formula is C64H112O6. The second-order valence-corrected chi connectivity index (χ2v) is 19.9. The van der Waals surface area contributed by atoms with Gasteiger partial charge in [-0.05, 0) is 89.9 Å². The van der Waals surface area contributed by atoms with Crippen molar-refractivity contribution < 1.29 is 28.6 Å². The Bertz CT molecular complexity index is 1310. The summed E-state index contributed by atoms with van der Waals surface area (Å²) in [5, 5.41) is 0. The molecule has 0 aliphatic heterocycles. The van der Waals surface area contributed by atoms with E-state index in [2.05, 4.69) is 93.7 Å². The number of rotatable bonds is 54. The summed E-state index contributed by atoms with van der Waals surface area (Å²) in [6.07, 6.45) is 74.6. The zero-order valence-corrected chi connectivity index (χ0v) is 46.3. The fourth-order valence-electron chi connectivity index (χ4n) is 8.47. The van der Waals surface area contributed by atoms with E-state index in [1.165, 1.54) is 161 Å². The van der Waals surface area contributed by atoms with Gasteiger partial charge < -0.3 is 14.2 Å². The van der Waals surface area contributed by atoms with Crippen molar-refractivity contribution in [1.29, 1.82) is 0 Å². The van der Waals surface area contributed by atoms with Crippen LogP contribution in [0.4, 0.5) is 0 Å². The Hall–Kier alpha value is -3.15. The summed E-state index contributed by atoms with van der Waals surface area (Å²) in [5.74, 6) is -0.910. The van der Waals surface area contributed by atoms with Gasteiger partial charge in [0.1, 0.15) is 13.2 Å². The molecule has 0 aromatic heterocycles. The summed E-state index contributed by atoms with van der Waals surface area (Å²) in [6, 6.07) is 0. The van der Waals surface area contributed by atoms with E-state index in [4.69, 9.17) is 14.2 Å². The first-order chi connectivity index (χ1) is 34.5. The number of carbonyl (C=O) groups is 3. The monoisotopic (exact) mass is 977 g/mol. The van der Waals surface area contributed by atoms with Crippen molar-refractivity contribution in [3.63, 3.8) is 0 Å². The fourth-order valence-corrected chi connectivity index (χ4v) is 8.47. The maximum atomic E-state index is 12.9. The molecule has 6 heteroatoms. The first kappa shape index (κ1) is 66.9. The Morgan fingerprint density at radius 1 is 0.300 bits per heavy atom. The van der Waals surface area contributed by atoms with E-state index in [-0.39, 0.29) is 31.1 Å². The standard InChI is InChI=1S/C64H112O6/c1-4-7-10-13-16-19-22-25-28-31-32-34-36-39-42-45-48-51-54-57-63(66)69-60-61(59-68-62(65)56-53-50-47-44-41-38-35-30-27-24-21-18-15-12-9-6-3)70-64(67)58-55-52-49-46-43-40-37-33-29-26-23-20-17-14-11-8-5-2/h7,10,16,19,25-26,28-29,32,34,39,42,61H,4-6,8-9,11-15,17-18,20-24,27,30-31,33,35-38,40-41,43-60H2,1-3H3/b10-7+,19-16+,28-25+,29-26+,34-32+,42-39+/t61-/m1/s1. The van der Waals surface area contributed by atoms with Crippen LogP contribution in [-0.4, -0.2) is 37.2 Å². The summed E-state index contributed by atoms with van der Waals surface area (Å²) in [4.78, 5) is 38.2. The largest absolute Gasteiger partial charge is 0.462 e. The second-order valence-electron chi connectivity index (χ2n) is 19.9. The van der Waals surface area contributed by atoms with Crippen LogP contribution in [0.25, 0.3) is 0 Å². The number of hydrogen-bond acceptors (Lipinski definition) is 6. The average Bonchev–Trinajstić information content (AvgIpc) is 3.36. The van der Waals surface area contributed by atoms with Crippen LogP contribution in [0.3, 0.4) is 0 Å². The van der Waals surface area contributed by atoms with Gasteiger partial charge in [0.15, 0.2) is 6.10 Å². The summed E-state index contributed by atoms with van der Waals surface area (Å²) in [7, 11) is 0. The lowest BCUT2D eigenvalue weighted by Crippen LogP contribution is -2.30. The molecule has 0 saturated carbocycles. The molecule has 0 aromatic rings. The predicted molar refractivity (Wildman–Crippen MR) is 302 cm³/mol. The van der Waals surface area contributed by atoms with Crippen molar-refractivity contribution in [1.82, 2.24) is 0 Å². The van der Waals surface area contributed by atoms with E-state index >= 15 is 0 Å². The summed E-state index contributed by atoms with van der Waals surface area (Å²) < 4.78 is 16.9. The van der Waals surface area contributed by atoms with E-state index in [0.29, 0.717) is 19.3 Å². The highest BCUT2D eigenvalue weighted by Crippen LogP contribution is 2.16. The second kappa shape index (κ2) is 58.4. The van der Waals surface area contributed by atoms with Crippen LogP contribution < -0.4 is 0 Å². The van der Waals surface area contributed by atoms with Crippen molar-refractivity contribution in [2.75, 3.05) is 13.2 Å². The molecule has 6 nitrogen and oxygen atoms in total. The molecule has 0 amide bonds. The minimum atomic E-state index is -0.790. The lowest BCUT2D eigenvalue weighted by atomic mass is 10.0. The predicted octanol–water partition coefficient (Wildman–Crippen LogP) is 20.2. The van der Waals surface area contributed by atoms with Crippen molar-refractivity contribution in [3.8, 4) is 0 Å². The summed E-state index contributed by atoms with van der Waals surface area (Å²) >= 11 is 0. The van der Waals surface area contributed by atoms with Crippen molar-refractivity contribution >= 4 is 17.9 Å². The Labute approximate surface area is 433 Å². The Kier molecular flexibility index (Phi) is 55.8. The molecule has 70 heavy (non-hydrogen) atoms. The van der Waals surface area contributed by atoms with Crippen LogP contribution >= 0.6 is 0 Å². The van der Waals surface area contributed by atoms with E-state index in [9.17, 15) is 14.4 Å². The number of esters is 3. The highest BCUT2D eigenvalue weighted by atomic mass is 16.6. The third-order valence-electron chi connectivity index (χ3n) is 12.9. The molecule has 0 saturated heterocycles. The molecule has 0 bridgehead atoms. The molecule has 0 aliphatic carbocycles. The third kappa shape index (κ3) is 55.8. The quantitative estimate of drug-likeness (QED) is 0.0261. The molecule has 0 rings (SSSR count). The zero-order chi connectivity index (χ0) is 50.7. The molecule has 0 spiro atoms. The molecule has 0 heterocycles. The van der Waals surface area contributed by atoms with Gasteiger partial charge in [-0.2, -0.15) is 0 Å². The lowest BCUT2D eigenvalue weighted by Gasteiger charge is -2.18. The summed E-state index contributed by atoms with van der Waals surface area (Å²) in [6.45, 7) is 6.52. The highest BCUT2D eigenvalue weighted by molar-refractivity contribution is 5.71. The maximum absolute atomic E-state index is 12.9. The normalized spacial score (nSPS) is 12.6. The van der Waals surface area contributed by atoms with Crippen molar-refractivity contribution in [3.05, 3.63) is 72.9 Å². The molecule has 0 unspecified atom stereocenters. The van der Waals surface area contributed by atoms with Crippen LogP contribution in [0.5, 0.6) is 0 Å². The van der Waals surface area contributed by atoms with E-state index in [1.807, 2.05) is 0 Å². The van der Waals surface area contributed by atoms with Gasteiger partial charge in [-0.25, -0.2) is 0 Å². The fraction of sp³-hybridized carbons (Fsp3) is 0.766. The minimum absolute atomic E-state index is 0.0851. The average molecular weight is 978 g/mol. The number of allylic oxidation sites excluding steroid dienone is 12. The Morgan fingerprint density at radius 3 is 0.900 bits per heavy atom. The van der Waals surface area contributed by atoms with Crippen molar-refractivity contribution in [2.24, 2.45) is 0 Å². The van der Waals surface area contributed by atoms with Gasteiger partial charge in [0.05, 0.1) is 0 Å². The molecule has 1 atom stereocenters. The Morgan fingerprint density at radius 2 is 0.557 bits per heavy atom. The lowest BCUT2D eigenvalue weighted by molar-refractivity contribution is -0.167. The number of hydrogen-bond donors (Lipinski definition) is 0. The topological polar surface area (TPSA) is 78.9 Å². The molecule has 404 valence electrons. The molecular weight excluding hydrogens is 865 g/mol. The minimum Gasteiger partial charge on any atom is -0.462 e. The van der Waals surface area contributed by atoms with Gasteiger partial charge in [-0.15, -0.1) is 0 Å².